The van der Waals surface area contributed by atoms with Gasteiger partial charge in [0.25, 0.3) is 5.91 Å². The molecule has 4 rings (SSSR count). The van der Waals surface area contributed by atoms with E-state index in [0.717, 1.165) is 11.3 Å². The van der Waals surface area contributed by atoms with Crippen LogP contribution in [0.4, 0.5) is 0 Å². The van der Waals surface area contributed by atoms with Crippen LogP contribution in [-0.4, -0.2) is 37.6 Å². The second-order valence-corrected chi connectivity index (χ2v) is 8.28. The number of hydrogen-bond donors (Lipinski definition) is 1. The number of nitrogens with one attached hydrogen (secondary N) is 1. The van der Waals surface area contributed by atoms with Gasteiger partial charge in [-0.2, -0.15) is 5.10 Å². The molecule has 7 nitrogen and oxygen atoms in total. The number of pyridine rings is 1. The number of carbonyl (C=O) groups excluding carboxylic acids is 1. The topological polar surface area (TPSA) is 85.1 Å². The van der Waals surface area contributed by atoms with E-state index in [2.05, 4.69) is 25.7 Å². The van der Waals surface area contributed by atoms with Crippen molar-refractivity contribution in [3.05, 3.63) is 88.7 Å². The third kappa shape index (κ3) is 5.53. The Morgan fingerprint density at radius 2 is 1.72 bits per heavy atom. The molecule has 0 spiro atoms. The van der Waals surface area contributed by atoms with Gasteiger partial charge in [0.15, 0.2) is 11.0 Å². The van der Waals surface area contributed by atoms with E-state index in [1.165, 1.54) is 18.0 Å². The van der Waals surface area contributed by atoms with Gasteiger partial charge < -0.3 is 0 Å². The van der Waals surface area contributed by atoms with E-state index in [4.69, 9.17) is 23.2 Å². The number of hydrogen-bond acceptors (Lipinski definition) is 6. The van der Waals surface area contributed by atoms with E-state index in [9.17, 15) is 4.79 Å². The SMILES string of the molecule is O=C(CSc1nnc(-c2ccc(Cl)cc2)n1-c1ccc(Cl)cc1)N/N=C/c1ccccn1. The summed E-state index contributed by atoms with van der Waals surface area (Å²) in [6, 6.07) is 20.1. The number of rotatable bonds is 7. The Labute approximate surface area is 198 Å². The van der Waals surface area contributed by atoms with Crippen molar-refractivity contribution >= 4 is 47.1 Å². The fourth-order valence-corrected chi connectivity index (χ4v) is 3.75. The monoisotopic (exact) mass is 482 g/mol. The predicted octanol–water partition coefficient (Wildman–Crippen LogP) is 4.88. The van der Waals surface area contributed by atoms with E-state index < -0.39 is 0 Å². The lowest BCUT2D eigenvalue weighted by Crippen LogP contribution is -2.20. The number of benzene rings is 2. The van der Waals surface area contributed by atoms with Crippen LogP contribution in [0.15, 0.2) is 83.2 Å². The summed E-state index contributed by atoms with van der Waals surface area (Å²) in [5.74, 6) is 0.451. The smallest absolute Gasteiger partial charge is 0.250 e. The van der Waals surface area contributed by atoms with E-state index in [0.29, 0.717) is 26.7 Å². The highest BCUT2D eigenvalue weighted by atomic mass is 35.5. The zero-order valence-corrected chi connectivity index (χ0v) is 18.8. The van der Waals surface area contributed by atoms with Gasteiger partial charge in [0.1, 0.15) is 0 Å². The average Bonchev–Trinajstić information content (AvgIpc) is 3.23. The molecule has 0 radical (unpaired) electrons. The van der Waals surface area contributed by atoms with Crippen molar-refractivity contribution in [1.82, 2.24) is 25.2 Å². The highest BCUT2D eigenvalue weighted by Gasteiger charge is 2.17. The molecule has 2 heterocycles. The van der Waals surface area contributed by atoms with Gasteiger partial charge in [-0.15, -0.1) is 10.2 Å². The highest BCUT2D eigenvalue weighted by Crippen LogP contribution is 2.29. The number of aromatic nitrogens is 4. The summed E-state index contributed by atoms with van der Waals surface area (Å²) in [5, 5.41) is 14.4. The van der Waals surface area contributed by atoms with Gasteiger partial charge in [-0.25, -0.2) is 5.43 Å². The Kier molecular flexibility index (Phi) is 7.16. The molecule has 0 fully saturated rings. The van der Waals surface area contributed by atoms with Gasteiger partial charge in [-0.1, -0.05) is 41.0 Å². The van der Waals surface area contributed by atoms with Crippen LogP contribution in [0.3, 0.4) is 0 Å². The molecule has 2 aromatic carbocycles. The summed E-state index contributed by atoms with van der Waals surface area (Å²) in [7, 11) is 0. The van der Waals surface area contributed by atoms with E-state index in [1.807, 2.05) is 41.0 Å². The van der Waals surface area contributed by atoms with Crippen LogP contribution in [0, 0.1) is 0 Å². The third-order valence-electron chi connectivity index (χ3n) is 4.23. The first-order valence-corrected chi connectivity index (χ1v) is 11.2. The van der Waals surface area contributed by atoms with E-state index in [-0.39, 0.29) is 11.7 Å². The quantitative estimate of drug-likeness (QED) is 0.230. The maximum absolute atomic E-state index is 12.3. The summed E-state index contributed by atoms with van der Waals surface area (Å²) >= 11 is 13.3. The number of amides is 1. The minimum Gasteiger partial charge on any atom is -0.272 e. The van der Waals surface area contributed by atoms with Crippen LogP contribution in [-0.2, 0) is 4.79 Å². The first-order chi connectivity index (χ1) is 15.6. The number of halogens is 2. The molecule has 0 atom stereocenters. The Hall–Kier alpha value is -3.20. The first kappa shape index (κ1) is 22.0. The second kappa shape index (κ2) is 10.4. The molecule has 32 heavy (non-hydrogen) atoms. The molecule has 2 aromatic heterocycles. The third-order valence-corrected chi connectivity index (χ3v) is 5.66. The number of nitrogens with zero attached hydrogens (tertiary/aromatic N) is 5. The zero-order valence-electron chi connectivity index (χ0n) is 16.5. The van der Waals surface area contributed by atoms with Crippen molar-refractivity contribution in [3.8, 4) is 17.1 Å². The summed E-state index contributed by atoms with van der Waals surface area (Å²) in [6.45, 7) is 0. The molecule has 0 aliphatic rings. The molecule has 0 saturated heterocycles. The van der Waals surface area contributed by atoms with Crippen molar-refractivity contribution in [2.24, 2.45) is 5.10 Å². The van der Waals surface area contributed by atoms with Crippen LogP contribution >= 0.6 is 35.0 Å². The van der Waals surface area contributed by atoms with E-state index >= 15 is 0 Å². The minimum atomic E-state index is -0.277. The van der Waals surface area contributed by atoms with E-state index in [1.54, 1.807) is 36.5 Å². The summed E-state index contributed by atoms with van der Waals surface area (Å²) in [4.78, 5) is 16.4. The predicted molar refractivity (Wildman–Crippen MR) is 128 cm³/mol. The fourth-order valence-electron chi connectivity index (χ4n) is 2.76. The molecular weight excluding hydrogens is 467 g/mol. The maximum atomic E-state index is 12.3. The van der Waals surface area contributed by atoms with Gasteiger partial charge in [-0.05, 0) is 60.7 Å². The van der Waals surface area contributed by atoms with Crippen LogP contribution in [0.2, 0.25) is 10.0 Å². The molecule has 4 aromatic rings. The van der Waals surface area contributed by atoms with Crippen LogP contribution in [0.5, 0.6) is 0 Å². The van der Waals surface area contributed by atoms with Gasteiger partial charge in [0.2, 0.25) is 0 Å². The van der Waals surface area contributed by atoms with Crippen molar-refractivity contribution in [2.45, 2.75) is 5.16 Å². The summed E-state index contributed by atoms with van der Waals surface area (Å²) in [5.41, 5.74) is 4.80. The van der Waals surface area contributed by atoms with Crippen LogP contribution < -0.4 is 5.43 Å². The standard InChI is InChI=1S/C22H16Cl2N6OS/c23-16-6-4-15(5-7-16)21-28-29-22(30(21)19-10-8-17(24)9-11-19)32-14-20(31)27-26-13-18-3-1-2-12-25-18/h1-13H,14H2,(H,27,31)/b26-13+. The Morgan fingerprint density at radius 1 is 1.00 bits per heavy atom. The number of carbonyl (C=O) groups is 1. The lowest BCUT2D eigenvalue weighted by molar-refractivity contribution is -0.118. The van der Waals surface area contributed by atoms with Gasteiger partial charge in [0, 0.05) is 27.5 Å². The van der Waals surface area contributed by atoms with Gasteiger partial charge in [0.05, 0.1) is 17.7 Å². The Balaban J connectivity index is 1.53. The Morgan fingerprint density at radius 3 is 2.41 bits per heavy atom. The number of thioether (sulfide) groups is 1. The van der Waals surface area contributed by atoms with Gasteiger partial charge >= 0.3 is 0 Å². The minimum absolute atomic E-state index is 0.103. The van der Waals surface area contributed by atoms with Crippen LogP contribution in [0.1, 0.15) is 5.69 Å². The molecule has 1 amide bonds. The average molecular weight is 483 g/mol. The summed E-state index contributed by atoms with van der Waals surface area (Å²) < 4.78 is 1.87. The summed E-state index contributed by atoms with van der Waals surface area (Å²) in [6.07, 6.45) is 3.14. The van der Waals surface area contributed by atoms with Crippen molar-refractivity contribution in [3.63, 3.8) is 0 Å². The number of hydrazone groups is 1. The molecule has 0 aliphatic heterocycles. The molecule has 10 heteroatoms. The maximum Gasteiger partial charge on any atom is 0.250 e. The normalized spacial score (nSPS) is 11.1. The molecule has 0 bridgehead atoms. The molecule has 0 aliphatic carbocycles. The first-order valence-electron chi connectivity index (χ1n) is 9.43. The second-order valence-electron chi connectivity index (χ2n) is 6.46. The molecule has 160 valence electrons. The highest BCUT2D eigenvalue weighted by molar-refractivity contribution is 7.99. The van der Waals surface area contributed by atoms with Crippen LogP contribution in [0.25, 0.3) is 17.1 Å². The van der Waals surface area contributed by atoms with Crippen molar-refractivity contribution in [2.75, 3.05) is 5.75 Å². The molecular formula is C22H16Cl2N6OS. The lowest BCUT2D eigenvalue weighted by Gasteiger charge is -2.10. The fraction of sp³-hybridized carbons (Fsp3) is 0.0455. The molecule has 0 saturated carbocycles. The van der Waals surface area contributed by atoms with Crippen molar-refractivity contribution < 1.29 is 4.79 Å². The Bertz CT molecular complexity index is 1230. The van der Waals surface area contributed by atoms with Crippen molar-refractivity contribution in [1.29, 1.82) is 0 Å². The lowest BCUT2D eigenvalue weighted by atomic mass is 10.2. The largest absolute Gasteiger partial charge is 0.272 e. The molecule has 0 unspecified atom stereocenters. The molecule has 1 N–H and O–H groups in total. The zero-order chi connectivity index (χ0) is 22.3. The van der Waals surface area contributed by atoms with Gasteiger partial charge in [-0.3, -0.25) is 14.3 Å².